The summed E-state index contributed by atoms with van der Waals surface area (Å²) in [7, 11) is 0. The summed E-state index contributed by atoms with van der Waals surface area (Å²) >= 11 is 0. The number of aliphatic hydroxyl groups excluding tert-OH is 1. The van der Waals surface area contributed by atoms with Gasteiger partial charge in [0, 0.05) is 12.6 Å². The van der Waals surface area contributed by atoms with Crippen molar-refractivity contribution < 1.29 is 52.3 Å². The standard InChI is InChI=1S/C22H22F3NO8/c1-12(26-10-15(27)11-32-16-4-2-3-14(9-16)22(23,24)25)7-13-5-6-17-18(8-13)34-21(33-17,19(28)29)20(30)31/h2-6,8-9,12,15,26-27H,7,10-11H2,1H3,(H,28,29)(H,30,31). The molecule has 0 saturated carbocycles. The zero-order valence-electron chi connectivity index (χ0n) is 17.8. The topological polar surface area (TPSA) is 135 Å². The molecule has 2 aromatic rings. The van der Waals surface area contributed by atoms with Crippen LogP contribution in [-0.2, 0) is 22.2 Å². The lowest BCUT2D eigenvalue weighted by molar-refractivity contribution is -0.194. The van der Waals surface area contributed by atoms with Crippen molar-refractivity contribution in [3.63, 3.8) is 0 Å². The van der Waals surface area contributed by atoms with Crippen LogP contribution in [0.4, 0.5) is 13.2 Å². The fourth-order valence-corrected chi connectivity index (χ4v) is 3.22. The van der Waals surface area contributed by atoms with Gasteiger partial charge in [0.05, 0.1) is 5.56 Å². The number of aliphatic carboxylic acids is 2. The minimum Gasteiger partial charge on any atom is -0.491 e. The molecule has 0 aliphatic carbocycles. The third-order valence-corrected chi connectivity index (χ3v) is 4.93. The molecule has 4 N–H and O–H groups in total. The maximum atomic E-state index is 12.8. The van der Waals surface area contributed by atoms with Crippen LogP contribution in [-0.4, -0.2) is 58.3 Å². The van der Waals surface area contributed by atoms with Gasteiger partial charge in [-0.2, -0.15) is 13.2 Å². The SMILES string of the molecule is CC(Cc1ccc2c(c1)OC(C(=O)O)(C(=O)O)O2)NCC(O)COc1cccc(C(F)(F)F)c1. The second-order valence-electron chi connectivity index (χ2n) is 7.72. The summed E-state index contributed by atoms with van der Waals surface area (Å²) in [5.74, 6) is -6.49. The Bertz CT molecular complexity index is 1040. The van der Waals surface area contributed by atoms with Gasteiger partial charge in [-0.25, -0.2) is 9.59 Å². The van der Waals surface area contributed by atoms with Crippen molar-refractivity contribution in [3.05, 3.63) is 53.6 Å². The van der Waals surface area contributed by atoms with E-state index in [1.165, 1.54) is 24.3 Å². The zero-order chi connectivity index (χ0) is 25.1. The molecule has 0 amide bonds. The number of hydrogen-bond acceptors (Lipinski definition) is 7. The smallest absolute Gasteiger partial charge is 0.453 e. The van der Waals surface area contributed by atoms with Gasteiger partial charge < -0.3 is 34.8 Å². The maximum Gasteiger partial charge on any atom is 0.453 e. The lowest BCUT2D eigenvalue weighted by atomic mass is 10.1. The second-order valence-corrected chi connectivity index (χ2v) is 7.72. The van der Waals surface area contributed by atoms with Gasteiger partial charge in [-0.15, -0.1) is 0 Å². The number of hydrogen-bond donors (Lipinski definition) is 4. The highest BCUT2D eigenvalue weighted by Crippen LogP contribution is 2.40. The number of nitrogens with one attached hydrogen (secondary N) is 1. The Kier molecular flexibility index (Phi) is 7.22. The van der Waals surface area contributed by atoms with Crippen LogP contribution in [0.15, 0.2) is 42.5 Å². The zero-order valence-corrected chi connectivity index (χ0v) is 17.8. The Morgan fingerprint density at radius 2 is 1.76 bits per heavy atom. The fraction of sp³-hybridized carbons (Fsp3) is 0.364. The number of carboxylic acid groups (broad SMARTS) is 2. The minimum atomic E-state index is -4.49. The molecule has 3 rings (SSSR count). The van der Waals surface area contributed by atoms with Gasteiger partial charge in [-0.1, -0.05) is 12.1 Å². The van der Waals surface area contributed by atoms with E-state index >= 15 is 0 Å². The monoisotopic (exact) mass is 485 g/mol. The predicted octanol–water partition coefficient (Wildman–Crippen LogP) is 2.30. The summed E-state index contributed by atoms with van der Waals surface area (Å²) in [6.45, 7) is 1.67. The third kappa shape index (κ3) is 5.69. The molecule has 1 heterocycles. The third-order valence-electron chi connectivity index (χ3n) is 4.93. The van der Waals surface area contributed by atoms with E-state index in [0.29, 0.717) is 12.0 Å². The highest BCUT2D eigenvalue weighted by atomic mass is 19.4. The van der Waals surface area contributed by atoms with Crippen molar-refractivity contribution in [2.75, 3.05) is 13.2 Å². The molecule has 12 heteroatoms. The average molecular weight is 485 g/mol. The molecule has 9 nitrogen and oxygen atoms in total. The molecule has 1 aliphatic heterocycles. The van der Waals surface area contributed by atoms with Gasteiger partial charge in [0.15, 0.2) is 11.5 Å². The summed E-state index contributed by atoms with van der Waals surface area (Å²) in [5, 5.41) is 31.5. The number of aliphatic hydroxyl groups is 1. The van der Waals surface area contributed by atoms with E-state index in [1.807, 2.05) is 6.92 Å². The second kappa shape index (κ2) is 9.77. The largest absolute Gasteiger partial charge is 0.491 e. The molecule has 0 saturated heterocycles. The van der Waals surface area contributed by atoms with E-state index in [9.17, 15) is 38.1 Å². The van der Waals surface area contributed by atoms with Crippen molar-refractivity contribution in [3.8, 4) is 17.2 Å². The predicted molar refractivity (Wildman–Crippen MR) is 110 cm³/mol. The molecular weight excluding hydrogens is 463 g/mol. The number of carbonyl (C=O) groups is 2. The summed E-state index contributed by atoms with van der Waals surface area (Å²) < 4.78 is 53.6. The van der Waals surface area contributed by atoms with Crippen LogP contribution in [0, 0.1) is 0 Å². The molecule has 2 atom stereocenters. The summed E-state index contributed by atoms with van der Waals surface area (Å²) in [5.41, 5.74) is -0.164. The minimum absolute atomic E-state index is 0.0129. The first kappa shape index (κ1) is 25.1. The fourth-order valence-electron chi connectivity index (χ4n) is 3.22. The molecule has 0 fully saturated rings. The van der Waals surface area contributed by atoms with E-state index in [4.69, 9.17) is 14.2 Å². The lowest BCUT2D eigenvalue weighted by Crippen LogP contribution is -2.54. The number of fused-ring (bicyclic) bond motifs is 1. The Labute approximate surface area is 191 Å². The molecular formula is C22H22F3NO8. The summed E-state index contributed by atoms with van der Waals surface area (Å²) in [6, 6.07) is 8.66. The average Bonchev–Trinajstić information content (AvgIpc) is 3.16. The van der Waals surface area contributed by atoms with Crippen LogP contribution in [0.5, 0.6) is 17.2 Å². The van der Waals surface area contributed by atoms with E-state index in [-0.39, 0.29) is 36.4 Å². The Hall–Kier alpha value is -3.51. The van der Waals surface area contributed by atoms with E-state index in [2.05, 4.69) is 5.32 Å². The lowest BCUT2D eigenvalue weighted by Gasteiger charge is -2.18. The first-order chi connectivity index (χ1) is 15.9. The van der Waals surface area contributed by atoms with Crippen molar-refractivity contribution in [2.24, 2.45) is 0 Å². The number of halogens is 3. The first-order valence-electron chi connectivity index (χ1n) is 10.1. The maximum absolute atomic E-state index is 12.8. The Morgan fingerprint density at radius 3 is 2.41 bits per heavy atom. The van der Waals surface area contributed by atoms with Crippen LogP contribution in [0.1, 0.15) is 18.1 Å². The van der Waals surface area contributed by atoms with Gasteiger partial charge in [0.25, 0.3) is 0 Å². The van der Waals surface area contributed by atoms with Gasteiger partial charge in [-0.3, -0.25) is 0 Å². The molecule has 34 heavy (non-hydrogen) atoms. The van der Waals surface area contributed by atoms with Crippen molar-refractivity contribution in [2.45, 2.75) is 37.5 Å². The van der Waals surface area contributed by atoms with E-state index in [1.54, 1.807) is 6.07 Å². The molecule has 2 aromatic carbocycles. The molecule has 184 valence electrons. The number of carboxylic acids is 2. The van der Waals surface area contributed by atoms with E-state index < -0.39 is 35.6 Å². The number of alkyl halides is 3. The number of ether oxygens (including phenoxy) is 3. The van der Waals surface area contributed by atoms with E-state index in [0.717, 1.165) is 12.1 Å². The summed E-state index contributed by atoms with van der Waals surface area (Å²) in [6.07, 6.45) is -5.09. The normalized spacial score (nSPS) is 16.0. The van der Waals surface area contributed by atoms with Crippen LogP contribution >= 0.6 is 0 Å². The highest BCUT2D eigenvalue weighted by Gasteiger charge is 2.57. The molecule has 2 unspecified atom stereocenters. The van der Waals surface area contributed by atoms with Crippen molar-refractivity contribution in [1.82, 2.24) is 5.32 Å². The first-order valence-corrected chi connectivity index (χ1v) is 10.1. The highest BCUT2D eigenvalue weighted by molar-refractivity contribution is 6.01. The molecule has 0 radical (unpaired) electrons. The number of rotatable bonds is 10. The van der Waals surface area contributed by atoms with Crippen molar-refractivity contribution >= 4 is 11.9 Å². The quantitative estimate of drug-likeness (QED) is 0.374. The van der Waals surface area contributed by atoms with Crippen LogP contribution in [0.25, 0.3) is 0 Å². The molecule has 1 aliphatic rings. The van der Waals surface area contributed by atoms with Gasteiger partial charge in [-0.05, 0) is 49.2 Å². The van der Waals surface area contributed by atoms with Crippen LogP contribution in [0.3, 0.4) is 0 Å². The van der Waals surface area contributed by atoms with Gasteiger partial charge in [0.1, 0.15) is 18.5 Å². The van der Waals surface area contributed by atoms with Gasteiger partial charge in [0.2, 0.25) is 0 Å². The Morgan fingerprint density at radius 1 is 1.09 bits per heavy atom. The van der Waals surface area contributed by atoms with Gasteiger partial charge >= 0.3 is 23.9 Å². The summed E-state index contributed by atoms with van der Waals surface area (Å²) in [4.78, 5) is 22.6. The molecule has 0 bridgehead atoms. The van der Waals surface area contributed by atoms with Crippen LogP contribution < -0.4 is 19.5 Å². The molecule has 0 spiro atoms. The molecule has 0 aromatic heterocycles. The number of benzene rings is 2. The Balaban J connectivity index is 1.49. The van der Waals surface area contributed by atoms with Crippen molar-refractivity contribution in [1.29, 1.82) is 0 Å². The van der Waals surface area contributed by atoms with Crippen LogP contribution in [0.2, 0.25) is 0 Å².